The van der Waals surface area contributed by atoms with Gasteiger partial charge in [-0.15, -0.1) is 17.5 Å². The van der Waals surface area contributed by atoms with Crippen molar-refractivity contribution in [3.8, 4) is 0 Å². The Kier molecular flexibility index (Phi) is 4.91. The van der Waals surface area contributed by atoms with Gasteiger partial charge in [-0.05, 0) is 0 Å². The van der Waals surface area contributed by atoms with Gasteiger partial charge >= 0.3 is 22.4 Å². The zero-order chi connectivity index (χ0) is 5.82. The Morgan fingerprint density at radius 3 is 2.00 bits per heavy atom. The van der Waals surface area contributed by atoms with E-state index in [0.29, 0.717) is 0 Å². The van der Waals surface area contributed by atoms with Crippen LogP contribution in [-0.4, -0.2) is 5.37 Å². The fourth-order valence-electron chi connectivity index (χ4n) is 0.506. The van der Waals surface area contributed by atoms with Crippen LogP contribution in [0.5, 0.6) is 0 Å². The number of hydrogen-bond donors (Lipinski definition) is 0. The van der Waals surface area contributed by atoms with E-state index in [1.807, 2.05) is 30.3 Å². The first-order valence-electron chi connectivity index (χ1n) is 2.36. The molecule has 0 fully saturated rings. The van der Waals surface area contributed by atoms with Crippen LogP contribution in [0, 0.1) is 0 Å². The Labute approximate surface area is 75.8 Å². The molecular formula is C7H5AuS. The average molecular weight is 318 g/mol. The third-order valence-corrected chi connectivity index (χ3v) is 1.13. The molecule has 0 aliphatic rings. The molecule has 0 spiro atoms. The molecule has 0 aliphatic heterocycles. The Morgan fingerprint density at radius 2 is 1.67 bits per heavy atom. The molecule has 0 aromatic heterocycles. The van der Waals surface area contributed by atoms with Gasteiger partial charge in [0.15, 0.2) is 0 Å². The van der Waals surface area contributed by atoms with Crippen LogP contribution in [0.2, 0.25) is 0 Å². The van der Waals surface area contributed by atoms with Crippen molar-refractivity contribution < 1.29 is 22.4 Å². The van der Waals surface area contributed by atoms with Gasteiger partial charge < -0.3 is 0 Å². The van der Waals surface area contributed by atoms with Crippen LogP contribution >= 0.6 is 12.2 Å². The summed E-state index contributed by atoms with van der Waals surface area (Å²) in [6.07, 6.45) is 0. The summed E-state index contributed by atoms with van der Waals surface area (Å²) >= 11 is 4.57. The van der Waals surface area contributed by atoms with E-state index in [1.165, 1.54) is 0 Å². The van der Waals surface area contributed by atoms with E-state index in [-0.39, 0.29) is 22.4 Å². The van der Waals surface area contributed by atoms with Crippen molar-refractivity contribution in [2.45, 2.75) is 0 Å². The quantitative estimate of drug-likeness (QED) is 0.433. The molecule has 0 heterocycles. The summed E-state index contributed by atoms with van der Waals surface area (Å²) in [4.78, 5) is 0. The molecule has 0 radical (unpaired) electrons. The predicted octanol–water partition coefficient (Wildman–Crippen LogP) is 1.91. The largest absolute Gasteiger partial charge is 1.00 e. The van der Waals surface area contributed by atoms with E-state index in [2.05, 4.69) is 17.6 Å². The van der Waals surface area contributed by atoms with Crippen molar-refractivity contribution in [1.82, 2.24) is 0 Å². The standard InChI is InChI=1S/C7H5S.Au/c8-6-7-4-2-1-3-5-7;/h1-5H;/q-1;+1. The fraction of sp³-hybridized carbons (Fsp3) is 0. The summed E-state index contributed by atoms with van der Waals surface area (Å²) in [6, 6.07) is 9.68. The first-order chi connectivity index (χ1) is 3.93. The first kappa shape index (κ1) is 9.05. The van der Waals surface area contributed by atoms with Gasteiger partial charge in [0, 0.05) is 0 Å². The minimum absolute atomic E-state index is 0. The molecule has 0 amide bonds. The molecule has 0 N–H and O–H groups in total. The van der Waals surface area contributed by atoms with Crippen molar-refractivity contribution >= 4 is 17.6 Å². The Morgan fingerprint density at radius 1 is 1.11 bits per heavy atom. The van der Waals surface area contributed by atoms with Crippen molar-refractivity contribution in [3.63, 3.8) is 0 Å². The molecule has 1 rings (SSSR count). The number of hydrogen-bond acceptors (Lipinski definition) is 1. The summed E-state index contributed by atoms with van der Waals surface area (Å²) in [5.74, 6) is 0. The molecule has 0 bridgehead atoms. The van der Waals surface area contributed by atoms with E-state index in [0.717, 1.165) is 5.56 Å². The molecule has 0 saturated carbocycles. The van der Waals surface area contributed by atoms with E-state index in [4.69, 9.17) is 0 Å². The molecule has 0 unspecified atom stereocenters. The van der Waals surface area contributed by atoms with Gasteiger partial charge in [0.1, 0.15) is 0 Å². The third-order valence-electron chi connectivity index (χ3n) is 0.892. The number of benzene rings is 1. The molecule has 1 aromatic rings. The van der Waals surface area contributed by atoms with Crippen molar-refractivity contribution in [2.75, 3.05) is 0 Å². The minimum atomic E-state index is 0. The monoisotopic (exact) mass is 318 g/mol. The summed E-state index contributed by atoms with van der Waals surface area (Å²) in [7, 11) is 0. The van der Waals surface area contributed by atoms with Gasteiger partial charge in [-0.2, -0.15) is 29.9 Å². The molecule has 50 valence electrons. The number of rotatable bonds is 1. The number of thiocarbonyl (C=S) groups is 1. The van der Waals surface area contributed by atoms with Gasteiger partial charge in [0.25, 0.3) is 0 Å². The van der Waals surface area contributed by atoms with Crippen molar-refractivity contribution in [1.29, 1.82) is 0 Å². The van der Waals surface area contributed by atoms with E-state index >= 15 is 0 Å². The van der Waals surface area contributed by atoms with Crippen LogP contribution in [-0.2, 0) is 22.4 Å². The molecule has 0 aliphatic carbocycles. The summed E-state index contributed by atoms with van der Waals surface area (Å²) in [6.45, 7) is 0. The average Bonchev–Trinajstić information content (AvgIpc) is 1.90. The SMILES string of the molecule is S=[C-]c1ccccc1.[Au+]. The van der Waals surface area contributed by atoms with Gasteiger partial charge in [0.05, 0.1) is 0 Å². The predicted molar refractivity (Wildman–Crippen MR) is 38.1 cm³/mol. The Bertz CT molecular complexity index is 172. The normalized spacial score (nSPS) is 7.56. The molecule has 0 atom stereocenters. The zero-order valence-electron chi connectivity index (χ0n) is 4.60. The van der Waals surface area contributed by atoms with Crippen molar-refractivity contribution in [2.24, 2.45) is 0 Å². The van der Waals surface area contributed by atoms with Crippen LogP contribution in [0.3, 0.4) is 0 Å². The van der Waals surface area contributed by atoms with Gasteiger partial charge in [-0.25, -0.2) is 0 Å². The first-order valence-corrected chi connectivity index (χ1v) is 2.77. The van der Waals surface area contributed by atoms with E-state index in [1.54, 1.807) is 0 Å². The molecule has 0 nitrogen and oxygen atoms in total. The second kappa shape index (κ2) is 4.89. The van der Waals surface area contributed by atoms with Crippen LogP contribution < -0.4 is 0 Å². The summed E-state index contributed by atoms with van der Waals surface area (Å²) in [5, 5.41) is 2.61. The molecular weight excluding hydrogens is 313 g/mol. The maximum absolute atomic E-state index is 4.57. The summed E-state index contributed by atoms with van der Waals surface area (Å²) in [5.41, 5.74) is 0.975. The van der Waals surface area contributed by atoms with Crippen LogP contribution in [0.1, 0.15) is 5.56 Å². The topological polar surface area (TPSA) is 0 Å². The zero-order valence-corrected chi connectivity index (χ0v) is 7.58. The minimum Gasteiger partial charge on any atom is -0.181 e. The molecule has 0 saturated heterocycles. The maximum atomic E-state index is 4.57. The molecule has 2 heteroatoms. The van der Waals surface area contributed by atoms with E-state index in [9.17, 15) is 0 Å². The molecule has 1 aromatic carbocycles. The van der Waals surface area contributed by atoms with Crippen molar-refractivity contribution in [3.05, 3.63) is 35.9 Å². The van der Waals surface area contributed by atoms with Gasteiger partial charge in [-0.3, -0.25) is 0 Å². The van der Waals surface area contributed by atoms with Gasteiger partial charge in [-0.1, -0.05) is 6.07 Å². The van der Waals surface area contributed by atoms with Gasteiger partial charge in [0.2, 0.25) is 0 Å². The van der Waals surface area contributed by atoms with E-state index < -0.39 is 0 Å². The Hall–Kier alpha value is 0.0503. The second-order valence-corrected chi connectivity index (χ2v) is 1.67. The second-order valence-electron chi connectivity index (χ2n) is 1.47. The maximum Gasteiger partial charge on any atom is 1.00 e. The molecule has 9 heavy (non-hydrogen) atoms. The summed E-state index contributed by atoms with van der Waals surface area (Å²) < 4.78 is 0. The Balaban J connectivity index is 0.000000640. The van der Waals surface area contributed by atoms with Crippen LogP contribution in [0.4, 0.5) is 0 Å². The fourth-order valence-corrected chi connectivity index (χ4v) is 0.642. The smallest absolute Gasteiger partial charge is 0.181 e. The van der Waals surface area contributed by atoms with Crippen LogP contribution in [0.25, 0.3) is 0 Å². The van der Waals surface area contributed by atoms with Crippen LogP contribution in [0.15, 0.2) is 30.3 Å². The third kappa shape index (κ3) is 2.92.